The van der Waals surface area contributed by atoms with Crippen molar-refractivity contribution in [2.45, 2.75) is 38.6 Å². The lowest BCUT2D eigenvalue weighted by atomic mass is 9.74. The number of nitrogens with zero attached hydrogens (tertiary/aromatic N) is 3. The molecule has 0 radical (unpaired) electrons. The lowest BCUT2D eigenvalue weighted by molar-refractivity contribution is -0.120. The van der Waals surface area contributed by atoms with E-state index in [1.54, 1.807) is 0 Å². The van der Waals surface area contributed by atoms with Gasteiger partial charge in [-0.15, -0.1) is 0 Å². The van der Waals surface area contributed by atoms with E-state index in [4.69, 9.17) is 0 Å². The predicted octanol–water partition coefficient (Wildman–Crippen LogP) is 2.62. The Bertz CT molecular complexity index is 787. The summed E-state index contributed by atoms with van der Waals surface area (Å²) in [5.41, 5.74) is 2.62. The van der Waals surface area contributed by atoms with Crippen molar-refractivity contribution in [1.29, 1.82) is 0 Å². The van der Waals surface area contributed by atoms with Gasteiger partial charge in [-0.2, -0.15) is 0 Å². The number of pyridine rings is 2. The Balaban J connectivity index is 1.40. The zero-order valence-corrected chi connectivity index (χ0v) is 16.4. The van der Waals surface area contributed by atoms with Crippen molar-refractivity contribution >= 4 is 11.7 Å². The van der Waals surface area contributed by atoms with E-state index < -0.39 is 0 Å². The van der Waals surface area contributed by atoms with Crippen LogP contribution >= 0.6 is 0 Å². The van der Waals surface area contributed by atoms with Crippen LogP contribution in [0.25, 0.3) is 0 Å². The van der Waals surface area contributed by atoms with E-state index in [0.717, 1.165) is 69.8 Å². The lowest BCUT2D eigenvalue weighted by Crippen LogP contribution is -2.47. The molecule has 28 heavy (non-hydrogen) atoms. The summed E-state index contributed by atoms with van der Waals surface area (Å²) in [5.74, 6) is 0.832. The van der Waals surface area contributed by atoms with Gasteiger partial charge in [-0.1, -0.05) is 6.07 Å². The quantitative estimate of drug-likeness (QED) is 0.839. The van der Waals surface area contributed by atoms with Crippen LogP contribution in [0.15, 0.2) is 42.7 Å². The Hall–Kier alpha value is -2.47. The molecule has 0 unspecified atom stereocenters. The molecule has 1 spiro atoms. The van der Waals surface area contributed by atoms with E-state index in [1.165, 1.54) is 5.56 Å². The smallest absolute Gasteiger partial charge is 0.239 e. The van der Waals surface area contributed by atoms with Gasteiger partial charge in [-0.3, -0.25) is 14.7 Å². The van der Waals surface area contributed by atoms with E-state index in [1.807, 2.05) is 24.5 Å². The van der Waals surface area contributed by atoms with Crippen molar-refractivity contribution in [3.63, 3.8) is 0 Å². The summed E-state index contributed by atoms with van der Waals surface area (Å²) in [6, 6.07) is 10.2. The molecule has 6 nitrogen and oxygen atoms in total. The number of anilines is 1. The molecule has 1 fully saturated rings. The molecule has 6 heteroatoms. The third-order valence-corrected chi connectivity index (χ3v) is 6.11. The van der Waals surface area contributed by atoms with E-state index in [0.29, 0.717) is 0 Å². The highest BCUT2D eigenvalue weighted by Gasteiger charge is 2.34. The first kappa shape index (κ1) is 18.9. The Morgan fingerprint density at radius 2 is 1.86 bits per heavy atom. The van der Waals surface area contributed by atoms with Crippen LogP contribution in [0.1, 0.15) is 36.9 Å². The molecule has 0 saturated carbocycles. The van der Waals surface area contributed by atoms with E-state index >= 15 is 0 Å². The normalized spacial score (nSPS) is 20.5. The number of carbonyl (C=O) groups excluding carboxylic acids is 1. The molecule has 0 atom stereocenters. The number of aryl methyl sites for hydroxylation is 1. The third-order valence-electron chi connectivity index (χ3n) is 6.11. The van der Waals surface area contributed by atoms with E-state index in [2.05, 4.69) is 43.7 Å². The minimum absolute atomic E-state index is 0.0476. The molecule has 1 saturated heterocycles. The van der Waals surface area contributed by atoms with Crippen LogP contribution in [0, 0.1) is 5.41 Å². The second-order valence-electron chi connectivity index (χ2n) is 8.13. The number of nitrogens with one attached hydrogen (secondary N) is 2. The zero-order chi connectivity index (χ0) is 19.2. The van der Waals surface area contributed by atoms with Crippen LogP contribution < -0.4 is 10.6 Å². The van der Waals surface area contributed by atoms with Gasteiger partial charge in [-0.25, -0.2) is 4.98 Å². The lowest BCUT2D eigenvalue weighted by Gasteiger charge is -2.42. The number of amides is 1. The van der Waals surface area contributed by atoms with Gasteiger partial charge in [0, 0.05) is 31.2 Å². The largest absolute Gasteiger partial charge is 0.361 e. The molecule has 148 valence electrons. The molecule has 4 rings (SSSR count). The van der Waals surface area contributed by atoms with E-state index in [-0.39, 0.29) is 17.9 Å². The van der Waals surface area contributed by atoms with Crippen LogP contribution in [0.5, 0.6) is 0 Å². The maximum absolute atomic E-state index is 12.3. The van der Waals surface area contributed by atoms with Crippen LogP contribution in [0.2, 0.25) is 0 Å². The first-order valence-corrected chi connectivity index (χ1v) is 10.3. The highest BCUT2D eigenvalue weighted by Crippen LogP contribution is 2.36. The predicted molar refractivity (Wildman–Crippen MR) is 110 cm³/mol. The van der Waals surface area contributed by atoms with Crippen LogP contribution in [0.4, 0.5) is 5.82 Å². The van der Waals surface area contributed by atoms with Crippen molar-refractivity contribution in [3.05, 3.63) is 54.0 Å². The fourth-order valence-corrected chi connectivity index (χ4v) is 4.33. The number of hydrogen-bond donors (Lipinski definition) is 2. The number of carbonyl (C=O) groups is 1. The monoisotopic (exact) mass is 379 g/mol. The van der Waals surface area contributed by atoms with Gasteiger partial charge in [0.2, 0.25) is 5.91 Å². The third kappa shape index (κ3) is 4.87. The molecule has 2 bridgehead atoms. The first-order valence-electron chi connectivity index (χ1n) is 10.3. The average Bonchev–Trinajstić information content (AvgIpc) is 2.73. The summed E-state index contributed by atoms with van der Waals surface area (Å²) >= 11 is 0. The van der Waals surface area contributed by atoms with Crippen LogP contribution in [-0.4, -0.2) is 47.0 Å². The number of aromatic nitrogens is 2. The van der Waals surface area contributed by atoms with Gasteiger partial charge in [-0.05, 0) is 80.4 Å². The Kier molecular flexibility index (Phi) is 5.86. The average molecular weight is 380 g/mol. The summed E-state index contributed by atoms with van der Waals surface area (Å²) in [5, 5.41) is 6.32. The van der Waals surface area contributed by atoms with Gasteiger partial charge in [0.25, 0.3) is 0 Å². The van der Waals surface area contributed by atoms with Gasteiger partial charge in [0.15, 0.2) is 0 Å². The summed E-state index contributed by atoms with van der Waals surface area (Å²) in [4.78, 5) is 23.6. The molecule has 2 N–H and O–H groups in total. The number of rotatable bonds is 2. The van der Waals surface area contributed by atoms with Crippen molar-refractivity contribution in [2.75, 3.05) is 31.5 Å². The molecule has 1 amide bonds. The first-order chi connectivity index (χ1) is 13.7. The van der Waals surface area contributed by atoms with Crippen LogP contribution in [0.3, 0.4) is 0 Å². The topological polar surface area (TPSA) is 70.2 Å². The number of hydrogen-bond acceptors (Lipinski definition) is 5. The summed E-state index contributed by atoms with van der Waals surface area (Å²) in [6.07, 6.45) is 9.21. The van der Waals surface area contributed by atoms with Crippen molar-refractivity contribution in [3.8, 4) is 0 Å². The highest BCUT2D eigenvalue weighted by molar-refractivity contribution is 5.80. The number of piperidine rings is 1. The maximum Gasteiger partial charge on any atom is 0.239 e. The van der Waals surface area contributed by atoms with Gasteiger partial charge < -0.3 is 10.6 Å². The fourth-order valence-electron chi connectivity index (χ4n) is 4.33. The minimum atomic E-state index is 0.0476. The van der Waals surface area contributed by atoms with E-state index in [9.17, 15) is 4.79 Å². The van der Waals surface area contributed by atoms with Gasteiger partial charge in [0.1, 0.15) is 5.82 Å². The summed E-state index contributed by atoms with van der Waals surface area (Å²) in [6.45, 7) is 4.18. The molecule has 0 aromatic carbocycles. The number of likely N-dealkylation sites (tertiary alicyclic amines) is 1. The second kappa shape index (κ2) is 8.69. The summed E-state index contributed by atoms with van der Waals surface area (Å²) in [7, 11) is 0. The minimum Gasteiger partial charge on any atom is -0.361 e. The summed E-state index contributed by atoms with van der Waals surface area (Å²) < 4.78 is 0. The highest BCUT2D eigenvalue weighted by atomic mass is 16.1. The number of fused-ring (bicyclic) bond motifs is 2. The Morgan fingerprint density at radius 3 is 2.68 bits per heavy atom. The standard InChI is InChI=1S/C22H29N5O/c28-21-15-24-20-5-1-3-19(26-20)4-2-8-22(17-25-21)9-13-27(14-10-22)16-18-6-11-23-12-7-18/h1,3,5-7,11-12H,2,4,8-10,13-17H2,(H,24,26)(H,25,28). The molecule has 2 aromatic rings. The molecule has 2 aromatic heterocycles. The molecule has 0 aliphatic carbocycles. The van der Waals surface area contributed by atoms with Crippen molar-refractivity contribution in [1.82, 2.24) is 20.2 Å². The molecule has 4 heterocycles. The fraction of sp³-hybridized carbons (Fsp3) is 0.500. The molecule has 2 aliphatic heterocycles. The van der Waals surface area contributed by atoms with Crippen LogP contribution in [-0.2, 0) is 17.8 Å². The van der Waals surface area contributed by atoms with Crippen molar-refractivity contribution < 1.29 is 4.79 Å². The second-order valence-corrected chi connectivity index (χ2v) is 8.13. The Labute approximate surface area is 166 Å². The SMILES string of the molecule is O=C1CNc2cccc(n2)CCCC2(CCN(Cc3ccncc3)CC2)CN1. The zero-order valence-electron chi connectivity index (χ0n) is 16.4. The maximum atomic E-state index is 12.3. The van der Waals surface area contributed by atoms with Gasteiger partial charge >= 0.3 is 0 Å². The van der Waals surface area contributed by atoms with Crippen molar-refractivity contribution in [2.24, 2.45) is 5.41 Å². The van der Waals surface area contributed by atoms with Gasteiger partial charge in [0.05, 0.1) is 6.54 Å². The molecule has 2 aliphatic rings. The molecular weight excluding hydrogens is 350 g/mol. The Morgan fingerprint density at radius 1 is 1.04 bits per heavy atom. The molecular formula is C22H29N5O.